The van der Waals surface area contributed by atoms with Crippen LogP contribution in [0.1, 0.15) is 12.5 Å². The lowest BCUT2D eigenvalue weighted by Crippen LogP contribution is -2.28. The zero-order chi connectivity index (χ0) is 15.5. The van der Waals surface area contributed by atoms with Gasteiger partial charge in [-0.15, -0.1) is 0 Å². The Bertz CT molecular complexity index is 814. The number of carbonyl (C=O) groups is 1. The number of benzene rings is 1. The van der Waals surface area contributed by atoms with Gasteiger partial charge in [-0.25, -0.2) is 9.78 Å². The Morgan fingerprint density at radius 3 is 2.91 bits per heavy atom. The monoisotopic (exact) mass is 312 g/mol. The van der Waals surface area contributed by atoms with Crippen LogP contribution in [-0.4, -0.2) is 22.5 Å². The molecule has 2 N–H and O–H groups in total. The third-order valence-corrected chi connectivity index (χ3v) is 4.35. The molecule has 0 spiro atoms. The van der Waals surface area contributed by atoms with E-state index in [9.17, 15) is 4.79 Å². The van der Waals surface area contributed by atoms with Crippen LogP contribution in [0.2, 0.25) is 0 Å². The van der Waals surface area contributed by atoms with Gasteiger partial charge < -0.3 is 5.32 Å². The van der Waals surface area contributed by atoms with E-state index in [4.69, 9.17) is 0 Å². The van der Waals surface area contributed by atoms with Crippen molar-refractivity contribution >= 4 is 32.7 Å². The predicted octanol–water partition coefficient (Wildman–Crippen LogP) is 3.81. The maximum atomic E-state index is 11.6. The number of urea groups is 1. The fourth-order valence-electron chi connectivity index (χ4n) is 2.26. The number of nitrogens with zero attached hydrogens (tertiary/aromatic N) is 2. The van der Waals surface area contributed by atoms with Crippen LogP contribution in [0.3, 0.4) is 0 Å². The summed E-state index contributed by atoms with van der Waals surface area (Å²) >= 11 is 1.48. The van der Waals surface area contributed by atoms with E-state index in [0.717, 1.165) is 26.9 Å². The summed E-state index contributed by atoms with van der Waals surface area (Å²) in [6.07, 6.45) is 3.59. The molecule has 0 unspecified atom stereocenters. The highest BCUT2D eigenvalue weighted by molar-refractivity contribution is 7.22. The summed E-state index contributed by atoms with van der Waals surface area (Å²) in [6, 6.07) is 7.85. The summed E-state index contributed by atoms with van der Waals surface area (Å²) in [6.45, 7) is 4.51. The van der Waals surface area contributed by atoms with Crippen LogP contribution in [0.4, 0.5) is 9.93 Å². The first-order valence-corrected chi connectivity index (χ1v) is 7.85. The second kappa shape index (κ2) is 6.11. The van der Waals surface area contributed by atoms with Crippen molar-refractivity contribution in [1.82, 2.24) is 15.3 Å². The van der Waals surface area contributed by atoms with Crippen LogP contribution in [0.25, 0.3) is 21.3 Å². The molecule has 6 heteroatoms. The fraction of sp³-hybridized carbons (Fsp3) is 0.188. The fourth-order valence-corrected chi connectivity index (χ4v) is 3.17. The number of pyridine rings is 1. The average Bonchev–Trinajstić information content (AvgIpc) is 2.91. The number of rotatable bonds is 3. The minimum absolute atomic E-state index is 0.230. The van der Waals surface area contributed by atoms with Crippen molar-refractivity contribution in [3.05, 3.63) is 42.2 Å². The lowest BCUT2D eigenvalue weighted by atomic mass is 10.0. The van der Waals surface area contributed by atoms with Crippen molar-refractivity contribution in [3.63, 3.8) is 0 Å². The molecule has 2 aromatic heterocycles. The number of hydrogen-bond acceptors (Lipinski definition) is 4. The lowest BCUT2D eigenvalue weighted by Gasteiger charge is -2.02. The normalized spacial score (nSPS) is 10.6. The second-order valence-electron chi connectivity index (χ2n) is 4.89. The number of nitrogens with one attached hydrogen (secondary N) is 2. The molecule has 0 aliphatic heterocycles. The third kappa shape index (κ3) is 2.92. The molecule has 2 amide bonds. The van der Waals surface area contributed by atoms with Crippen LogP contribution < -0.4 is 10.6 Å². The molecule has 0 bridgehead atoms. The number of amides is 2. The van der Waals surface area contributed by atoms with Crippen molar-refractivity contribution in [2.45, 2.75) is 13.8 Å². The molecule has 0 radical (unpaired) electrons. The van der Waals surface area contributed by atoms with Gasteiger partial charge in [-0.1, -0.05) is 17.4 Å². The highest BCUT2D eigenvalue weighted by Crippen LogP contribution is 2.32. The van der Waals surface area contributed by atoms with Gasteiger partial charge in [0.2, 0.25) is 0 Å². The minimum Gasteiger partial charge on any atom is -0.338 e. The van der Waals surface area contributed by atoms with Crippen molar-refractivity contribution in [2.24, 2.45) is 0 Å². The summed E-state index contributed by atoms with van der Waals surface area (Å²) < 4.78 is 1.08. The van der Waals surface area contributed by atoms with Crippen LogP contribution in [0.15, 0.2) is 36.7 Å². The molecule has 0 aliphatic rings. The second-order valence-corrected chi connectivity index (χ2v) is 5.89. The van der Waals surface area contributed by atoms with E-state index in [1.165, 1.54) is 11.3 Å². The maximum Gasteiger partial charge on any atom is 0.321 e. The Labute approximate surface area is 132 Å². The van der Waals surface area contributed by atoms with Gasteiger partial charge >= 0.3 is 6.03 Å². The molecule has 112 valence electrons. The molecular weight excluding hydrogens is 296 g/mol. The predicted molar refractivity (Wildman–Crippen MR) is 90.3 cm³/mol. The number of thiazole rings is 1. The molecular formula is C16H16N4OS. The summed E-state index contributed by atoms with van der Waals surface area (Å²) in [5.41, 5.74) is 4.15. The van der Waals surface area contributed by atoms with E-state index in [0.29, 0.717) is 11.7 Å². The van der Waals surface area contributed by atoms with E-state index < -0.39 is 0 Å². The Hall–Kier alpha value is -2.47. The number of aryl methyl sites for hydroxylation is 1. The average molecular weight is 312 g/mol. The van der Waals surface area contributed by atoms with Gasteiger partial charge in [0.05, 0.1) is 10.2 Å². The highest BCUT2D eigenvalue weighted by Gasteiger charge is 2.11. The van der Waals surface area contributed by atoms with Crippen molar-refractivity contribution in [2.75, 3.05) is 11.9 Å². The van der Waals surface area contributed by atoms with E-state index in [1.807, 2.05) is 31.3 Å². The van der Waals surface area contributed by atoms with Gasteiger partial charge in [-0.2, -0.15) is 0 Å². The van der Waals surface area contributed by atoms with Gasteiger partial charge in [0.25, 0.3) is 0 Å². The Kier molecular flexibility index (Phi) is 4.02. The number of hydrogen-bond donors (Lipinski definition) is 2. The quantitative estimate of drug-likeness (QED) is 0.773. The zero-order valence-electron chi connectivity index (χ0n) is 12.4. The van der Waals surface area contributed by atoms with Gasteiger partial charge in [0, 0.05) is 24.5 Å². The first-order chi connectivity index (χ1) is 10.7. The highest BCUT2D eigenvalue weighted by atomic mass is 32.1. The van der Waals surface area contributed by atoms with E-state index in [1.54, 1.807) is 6.20 Å². The van der Waals surface area contributed by atoms with Crippen LogP contribution in [0, 0.1) is 6.92 Å². The smallest absolute Gasteiger partial charge is 0.321 e. The van der Waals surface area contributed by atoms with Crippen LogP contribution in [0.5, 0.6) is 0 Å². The molecule has 3 aromatic rings. The zero-order valence-corrected chi connectivity index (χ0v) is 13.2. The number of anilines is 1. The van der Waals surface area contributed by atoms with Crippen molar-refractivity contribution in [1.29, 1.82) is 0 Å². The largest absolute Gasteiger partial charge is 0.338 e. The van der Waals surface area contributed by atoms with E-state index >= 15 is 0 Å². The van der Waals surface area contributed by atoms with Gasteiger partial charge in [-0.3, -0.25) is 10.3 Å². The van der Waals surface area contributed by atoms with E-state index in [2.05, 4.69) is 33.6 Å². The Morgan fingerprint density at radius 1 is 1.32 bits per heavy atom. The lowest BCUT2D eigenvalue weighted by molar-refractivity contribution is 0.252. The first-order valence-electron chi connectivity index (χ1n) is 7.04. The molecule has 2 heterocycles. The number of carbonyl (C=O) groups excluding carboxylic acids is 1. The molecule has 0 saturated heterocycles. The number of fused-ring (bicyclic) bond motifs is 1. The van der Waals surface area contributed by atoms with E-state index in [-0.39, 0.29) is 6.03 Å². The number of aromatic nitrogens is 2. The first kappa shape index (κ1) is 14.5. The minimum atomic E-state index is -0.230. The van der Waals surface area contributed by atoms with Gasteiger partial charge in [0.1, 0.15) is 0 Å². The SMILES string of the molecule is CCNC(=O)Nc1nc2cc(-c3cccnc3)cc(C)c2s1. The molecule has 1 aromatic carbocycles. The molecule has 22 heavy (non-hydrogen) atoms. The molecule has 0 fully saturated rings. The Balaban J connectivity index is 1.98. The van der Waals surface area contributed by atoms with Crippen molar-refractivity contribution < 1.29 is 4.79 Å². The summed E-state index contributed by atoms with van der Waals surface area (Å²) in [5, 5.41) is 6.07. The maximum absolute atomic E-state index is 11.6. The summed E-state index contributed by atoms with van der Waals surface area (Å²) in [7, 11) is 0. The standard InChI is InChI=1S/C16H16N4OS/c1-3-18-15(21)20-16-19-13-8-12(7-10(2)14(13)22-16)11-5-4-6-17-9-11/h4-9H,3H2,1-2H3,(H2,18,19,20,21). The van der Waals surface area contributed by atoms with Crippen molar-refractivity contribution in [3.8, 4) is 11.1 Å². The van der Waals surface area contributed by atoms with Gasteiger partial charge in [-0.05, 0) is 43.2 Å². The van der Waals surface area contributed by atoms with Gasteiger partial charge in [0.15, 0.2) is 5.13 Å². The molecule has 0 saturated carbocycles. The molecule has 0 atom stereocenters. The Morgan fingerprint density at radius 2 is 2.18 bits per heavy atom. The van der Waals surface area contributed by atoms with Crippen LogP contribution in [-0.2, 0) is 0 Å². The molecule has 0 aliphatic carbocycles. The summed E-state index contributed by atoms with van der Waals surface area (Å²) in [5.74, 6) is 0. The summed E-state index contributed by atoms with van der Waals surface area (Å²) in [4.78, 5) is 20.3. The molecule has 5 nitrogen and oxygen atoms in total. The van der Waals surface area contributed by atoms with Crippen LogP contribution >= 0.6 is 11.3 Å². The topological polar surface area (TPSA) is 66.9 Å². The third-order valence-electron chi connectivity index (χ3n) is 3.23. The molecule has 3 rings (SSSR count).